The third kappa shape index (κ3) is 1.92. The molecule has 1 saturated heterocycles. The highest BCUT2D eigenvalue weighted by Crippen LogP contribution is 2.34. The Hall–Kier alpha value is -2.58. The molecular weight excluding hydrogens is 288 g/mol. The maximum atomic E-state index is 10.3. The van der Waals surface area contributed by atoms with Crippen molar-refractivity contribution in [2.45, 2.75) is 25.9 Å². The standard InChI is InChI=1S/C18H18N4O/c1-3-18(23)10-21(11-18)16-8-12(2)13(9-19)17-20-14-6-4-5-7-15(14)22(16)17/h4-8,23H,3,10-11H2,1-2H3. The fraction of sp³-hybridized carbons (Fsp3) is 0.333. The maximum absolute atomic E-state index is 10.3. The van der Waals surface area contributed by atoms with E-state index in [1.807, 2.05) is 48.6 Å². The van der Waals surface area contributed by atoms with Gasteiger partial charge in [0.1, 0.15) is 11.9 Å². The van der Waals surface area contributed by atoms with Crippen LogP contribution in [-0.2, 0) is 0 Å². The number of pyridine rings is 1. The van der Waals surface area contributed by atoms with Crippen LogP contribution < -0.4 is 4.90 Å². The molecule has 1 aliphatic rings. The van der Waals surface area contributed by atoms with Crippen LogP contribution >= 0.6 is 0 Å². The Morgan fingerprint density at radius 3 is 2.78 bits per heavy atom. The lowest BCUT2D eigenvalue weighted by Crippen LogP contribution is -2.62. The Morgan fingerprint density at radius 2 is 2.09 bits per heavy atom. The number of nitrogens with zero attached hydrogens (tertiary/aromatic N) is 4. The van der Waals surface area contributed by atoms with Gasteiger partial charge in [0.25, 0.3) is 0 Å². The van der Waals surface area contributed by atoms with E-state index >= 15 is 0 Å². The number of hydrogen-bond acceptors (Lipinski definition) is 4. The molecule has 0 amide bonds. The van der Waals surface area contributed by atoms with Crippen LogP contribution in [0.4, 0.5) is 5.82 Å². The van der Waals surface area contributed by atoms with Crippen molar-refractivity contribution in [3.8, 4) is 6.07 Å². The van der Waals surface area contributed by atoms with Gasteiger partial charge in [0.05, 0.1) is 22.2 Å². The predicted molar refractivity (Wildman–Crippen MR) is 89.6 cm³/mol. The van der Waals surface area contributed by atoms with Gasteiger partial charge < -0.3 is 10.0 Å². The summed E-state index contributed by atoms with van der Waals surface area (Å²) < 4.78 is 2.04. The molecule has 1 fully saturated rings. The second kappa shape index (κ2) is 4.71. The van der Waals surface area contributed by atoms with Crippen molar-refractivity contribution in [3.05, 3.63) is 41.5 Å². The van der Waals surface area contributed by atoms with Crippen LogP contribution in [0.15, 0.2) is 30.3 Å². The number of aryl methyl sites for hydroxylation is 1. The second-order valence-electron chi connectivity index (χ2n) is 6.37. The van der Waals surface area contributed by atoms with Crippen LogP contribution in [0.3, 0.4) is 0 Å². The van der Waals surface area contributed by atoms with E-state index in [2.05, 4.69) is 16.0 Å². The van der Waals surface area contributed by atoms with Gasteiger partial charge in [-0.05, 0) is 37.1 Å². The Labute approximate surface area is 134 Å². The number of para-hydroxylation sites is 2. The van der Waals surface area contributed by atoms with Crippen molar-refractivity contribution in [2.75, 3.05) is 18.0 Å². The number of β-amino-alcohol motifs (C(OH)–C–C–N with tert-alkyl or cyclic N) is 1. The molecule has 5 nitrogen and oxygen atoms in total. The fourth-order valence-electron chi connectivity index (χ4n) is 3.35. The second-order valence-corrected chi connectivity index (χ2v) is 6.37. The van der Waals surface area contributed by atoms with Crippen LogP contribution in [0.2, 0.25) is 0 Å². The van der Waals surface area contributed by atoms with Crippen molar-refractivity contribution >= 4 is 22.5 Å². The predicted octanol–water partition coefficient (Wildman–Crippen LogP) is 2.63. The summed E-state index contributed by atoms with van der Waals surface area (Å²) in [4.78, 5) is 6.81. The number of hydrogen-bond donors (Lipinski definition) is 1. The van der Waals surface area contributed by atoms with E-state index in [0.717, 1.165) is 28.8 Å². The van der Waals surface area contributed by atoms with Crippen LogP contribution in [0, 0.1) is 18.3 Å². The number of aliphatic hydroxyl groups is 1. The lowest BCUT2D eigenvalue weighted by molar-refractivity contribution is 0.00797. The van der Waals surface area contributed by atoms with Gasteiger partial charge in [-0.1, -0.05) is 19.1 Å². The molecule has 0 spiro atoms. The number of nitriles is 1. The molecule has 4 rings (SSSR count). The quantitative estimate of drug-likeness (QED) is 0.790. The zero-order chi connectivity index (χ0) is 16.2. The summed E-state index contributed by atoms with van der Waals surface area (Å²) in [6.45, 7) is 5.16. The minimum atomic E-state index is -0.607. The summed E-state index contributed by atoms with van der Waals surface area (Å²) in [6, 6.07) is 12.2. The third-order valence-corrected chi connectivity index (χ3v) is 4.82. The largest absolute Gasteiger partial charge is 0.386 e. The molecule has 116 valence electrons. The van der Waals surface area contributed by atoms with E-state index in [-0.39, 0.29) is 0 Å². The summed E-state index contributed by atoms with van der Waals surface area (Å²) >= 11 is 0. The van der Waals surface area contributed by atoms with Gasteiger partial charge in [-0.2, -0.15) is 5.26 Å². The topological polar surface area (TPSA) is 64.6 Å². The lowest BCUT2D eigenvalue weighted by atomic mass is 9.91. The van der Waals surface area contributed by atoms with Crippen LogP contribution in [0.1, 0.15) is 24.5 Å². The molecule has 0 bridgehead atoms. The van der Waals surface area contributed by atoms with E-state index in [1.54, 1.807) is 0 Å². The van der Waals surface area contributed by atoms with Crippen LogP contribution in [-0.4, -0.2) is 33.2 Å². The molecule has 1 N–H and O–H groups in total. The van der Waals surface area contributed by atoms with E-state index in [0.29, 0.717) is 24.3 Å². The average molecular weight is 306 g/mol. The van der Waals surface area contributed by atoms with Gasteiger partial charge in [0.2, 0.25) is 0 Å². The number of benzene rings is 1. The first-order valence-electron chi connectivity index (χ1n) is 7.84. The van der Waals surface area contributed by atoms with Gasteiger partial charge in [-0.15, -0.1) is 0 Å². The molecule has 3 aromatic rings. The smallest absolute Gasteiger partial charge is 0.157 e. The summed E-state index contributed by atoms with van der Waals surface area (Å²) in [5.41, 5.74) is 3.47. The van der Waals surface area contributed by atoms with Gasteiger partial charge in [0, 0.05) is 13.1 Å². The first kappa shape index (κ1) is 14.0. The minimum Gasteiger partial charge on any atom is -0.386 e. The number of imidazole rings is 1. The summed E-state index contributed by atoms with van der Waals surface area (Å²) in [5, 5.41) is 19.8. The SMILES string of the molecule is CCC1(O)CN(c2cc(C)c(C#N)c3nc4ccccc4n23)C1. The first-order chi connectivity index (χ1) is 11.1. The average Bonchev–Trinajstić information content (AvgIpc) is 2.90. The molecule has 5 heteroatoms. The molecule has 0 saturated carbocycles. The molecule has 0 atom stereocenters. The van der Waals surface area contributed by atoms with Gasteiger partial charge in [-0.3, -0.25) is 4.40 Å². The van der Waals surface area contributed by atoms with E-state index in [4.69, 9.17) is 0 Å². The Balaban J connectivity index is 2.00. The zero-order valence-corrected chi connectivity index (χ0v) is 13.2. The highest BCUT2D eigenvalue weighted by Gasteiger charge is 2.40. The fourth-order valence-corrected chi connectivity index (χ4v) is 3.35. The monoisotopic (exact) mass is 306 g/mol. The minimum absolute atomic E-state index is 0.607. The van der Waals surface area contributed by atoms with E-state index in [9.17, 15) is 10.4 Å². The number of aromatic nitrogens is 2. The number of anilines is 1. The molecule has 0 unspecified atom stereocenters. The van der Waals surface area contributed by atoms with Crippen LogP contribution in [0.5, 0.6) is 0 Å². The van der Waals surface area contributed by atoms with Crippen LogP contribution in [0.25, 0.3) is 16.7 Å². The highest BCUT2D eigenvalue weighted by molar-refractivity contribution is 5.85. The Kier molecular flexibility index (Phi) is 2.87. The molecule has 0 radical (unpaired) electrons. The normalized spacial score (nSPS) is 16.5. The molecule has 1 aromatic carbocycles. The molecule has 1 aliphatic heterocycles. The lowest BCUT2D eigenvalue weighted by Gasteiger charge is -2.47. The maximum Gasteiger partial charge on any atom is 0.157 e. The van der Waals surface area contributed by atoms with Crippen molar-refractivity contribution in [1.82, 2.24) is 9.38 Å². The van der Waals surface area contributed by atoms with Gasteiger partial charge in [-0.25, -0.2) is 4.98 Å². The summed E-state index contributed by atoms with van der Waals surface area (Å²) in [7, 11) is 0. The highest BCUT2D eigenvalue weighted by atomic mass is 16.3. The number of fused-ring (bicyclic) bond motifs is 3. The van der Waals surface area contributed by atoms with Crippen molar-refractivity contribution in [2.24, 2.45) is 0 Å². The summed E-state index contributed by atoms with van der Waals surface area (Å²) in [6.07, 6.45) is 0.743. The van der Waals surface area contributed by atoms with E-state index in [1.165, 1.54) is 0 Å². The molecular formula is C18H18N4O. The van der Waals surface area contributed by atoms with Gasteiger partial charge in [0.15, 0.2) is 5.65 Å². The Bertz CT molecular complexity index is 960. The van der Waals surface area contributed by atoms with Crippen molar-refractivity contribution in [3.63, 3.8) is 0 Å². The molecule has 2 aromatic heterocycles. The molecule has 3 heterocycles. The first-order valence-corrected chi connectivity index (χ1v) is 7.84. The van der Waals surface area contributed by atoms with E-state index < -0.39 is 5.60 Å². The van der Waals surface area contributed by atoms with Gasteiger partial charge >= 0.3 is 0 Å². The zero-order valence-electron chi connectivity index (χ0n) is 13.2. The molecule has 23 heavy (non-hydrogen) atoms. The van der Waals surface area contributed by atoms with Crippen molar-refractivity contribution in [1.29, 1.82) is 5.26 Å². The van der Waals surface area contributed by atoms with Crippen molar-refractivity contribution < 1.29 is 5.11 Å². The number of rotatable bonds is 2. The molecule has 0 aliphatic carbocycles. The Morgan fingerprint density at radius 1 is 1.35 bits per heavy atom. The third-order valence-electron chi connectivity index (χ3n) is 4.82. The summed E-state index contributed by atoms with van der Waals surface area (Å²) in [5.74, 6) is 0.989.